The van der Waals surface area contributed by atoms with Gasteiger partial charge in [0.2, 0.25) is 0 Å². The highest BCUT2D eigenvalue weighted by Gasteiger charge is 2.05. The van der Waals surface area contributed by atoms with Gasteiger partial charge in [0, 0.05) is 20.1 Å². The van der Waals surface area contributed by atoms with E-state index in [1.54, 1.807) is 0 Å². The van der Waals surface area contributed by atoms with Crippen LogP contribution in [0.25, 0.3) is 0 Å². The number of nitrogens with zero attached hydrogens (tertiary/aromatic N) is 1. The second-order valence-corrected chi connectivity index (χ2v) is 4.48. The van der Waals surface area contributed by atoms with E-state index < -0.39 is 0 Å². The molecule has 0 aliphatic heterocycles. The van der Waals surface area contributed by atoms with E-state index in [1.165, 1.54) is 5.56 Å². The fourth-order valence-electron chi connectivity index (χ4n) is 1.57. The first-order valence-corrected chi connectivity index (χ1v) is 5.69. The Morgan fingerprint density at radius 3 is 2.06 bits per heavy atom. The van der Waals surface area contributed by atoms with Gasteiger partial charge in [0.05, 0.1) is 6.10 Å². The van der Waals surface area contributed by atoms with E-state index in [2.05, 4.69) is 24.5 Å². The Bertz CT molecular complexity index is 306. The fourth-order valence-corrected chi connectivity index (χ4v) is 1.57. The lowest BCUT2D eigenvalue weighted by atomic mass is 10.1. The summed E-state index contributed by atoms with van der Waals surface area (Å²) < 4.78 is 5.60. The van der Waals surface area contributed by atoms with Crippen LogP contribution in [-0.2, 0) is 0 Å². The van der Waals surface area contributed by atoms with Crippen molar-refractivity contribution in [3.8, 4) is 5.75 Å². The van der Waals surface area contributed by atoms with E-state index in [0.29, 0.717) is 6.04 Å². The van der Waals surface area contributed by atoms with Gasteiger partial charge < -0.3 is 4.74 Å². The van der Waals surface area contributed by atoms with Crippen molar-refractivity contribution in [2.24, 2.45) is 0 Å². The van der Waals surface area contributed by atoms with E-state index >= 15 is 0 Å². The Balaban J connectivity index is 2.63. The number of hydrogen-bond acceptors (Lipinski definition) is 3. The lowest BCUT2D eigenvalue weighted by molar-refractivity contribution is 0.241. The maximum absolute atomic E-state index is 5.60. The summed E-state index contributed by atoms with van der Waals surface area (Å²) in [4.78, 5) is 0. The van der Waals surface area contributed by atoms with Crippen LogP contribution >= 0.6 is 0 Å². The summed E-state index contributed by atoms with van der Waals surface area (Å²) in [5.74, 6) is 0.927. The summed E-state index contributed by atoms with van der Waals surface area (Å²) in [6, 6.07) is 8.53. The van der Waals surface area contributed by atoms with Crippen LogP contribution in [0.2, 0.25) is 0 Å². The van der Waals surface area contributed by atoms with Crippen LogP contribution in [-0.4, -0.2) is 25.2 Å². The van der Waals surface area contributed by atoms with Gasteiger partial charge >= 0.3 is 0 Å². The Labute approximate surface area is 98.4 Å². The highest BCUT2D eigenvalue weighted by molar-refractivity contribution is 5.28. The van der Waals surface area contributed by atoms with Gasteiger partial charge in [-0.15, -0.1) is 0 Å². The van der Waals surface area contributed by atoms with Gasteiger partial charge in [-0.2, -0.15) is 0 Å². The van der Waals surface area contributed by atoms with Crippen LogP contribution in [0, 0.1) is 0 Å². The number of benzene rings is 1. The number of hydrogen-bond donors (Lipinski definition) is 1. The summed E-state index contributed by atoms with van der Waals surface area (Å²) in [6.07, 6.45) is 0.225. The zero-order chi connectivity index (χ0) is 12.1. The highest BCUT2D eigenvalue weighted by atomic mass is 16.5. The molecule has 90 valence electrons. The third-order valence-electron chi connectivity index (χ3n) is 2.20. The van der Waals surface area contributed by atoms with Crippen molar-refractivity contribution in [3.63, 3.8) is 0 Å². The summed E-state index contributed by atoms with van der Waals surface area (Å²) in [7, 11) is 3.99. The molecule has 0 aliphatic rings. The molecule has 0 amide bonds. The predicted octanol–water partition coefficient (Wildman–Crippen LogP) is 2.60. The minimum absolute atomic E-state index is 0.225. The van der Waals surface area contributed by atoms with E-state index in [4.69, 9.17) is 4.74 Å². The normalized spacial score (nSPS) is 13.2. The minimum atomic E-state index is 0.225. The standard InChI is InChI=1S/C13H22N2O/c1-10(2)16-13-8-6-12(7-9-13)11(3)14-15(4)5/h6-11,14H,1-5H3. The van der Waals surface area contributed by atoms with Crippen molar-refractivity contribution in [1.29, 1.82) is 0 Å². The maximum Gasteiger partial charge on any atom is 0.119 e. The summed E-state index contributed by atoms with van der Waals surface area (Å²) in [6.45, 7) is 6.20. The first kappa shape index (κ1) is 13.0. The van der Waals surface area contributed by atoms with Crippen LogP contribution in [0.1, 0.15) is 32.4 Å². The van der Waals surface area contributed by atoms with Gasteiger partial charge in [-0.1, -0.05) is 12.1 Å². The Kier molecular flexibility index (Phi) is 4.77. The second kappa shape index (κ2) is 5.87. The van der Waals surface area contributed by atoms with Gasteiger partial charge in [0.1, 0.15) is 5.75 Å². The molecule has 0 saturated heterocycles. The SMILES string of the molecule is CC(C)Oc1ccc(C(C)NN(C)C)cc1. The molecule has 1 rings (SSSR count). The van der Waals surface area contributed by atoms with E-state index in [1.807, 2.05) is 45.1 Å². The van der Waals surface area contributed by atoms with E-state index in [0.717, 1.165) is 5.75 Å². The molecule has 0 aliphatic carbocycles. The molecule has 0 aromatic heterocycles. The zero-order valence-corrected chi connectivity index (χ0v) is 10.8. The second-order valence-electron chi connectivity index (χ2n) is 4.48. The topological polar surface area (TPSA) is 24.5 Å². The van der Waals surface area contributed by atoms with Crippen LogP contribution in [0.15, 0.2) is 24.3 Å². The first-order chi connectivity index (χ1) is 7.49. The third-order valence-corrected chi connectivity index (χ3v) is 2.20. The lowest BCUT2D eigenvalue weighted by Gasteiger charge is -2.20. The molecule has 0 spiro atoms. The Morgan fingerprint density at radius 2 is 1.62 bits per heavy atom. The predicted molar refractivity (Wildman–Crippen MR) is 67.4 cm³/mol. The van der Waals surface area contributed by atoms with Crippen molar-refractivity contribution in [2.75, 3.05) is 14.1 Å². The molecule has 16 heavy (non-hydrogen) atoms. The van der Waals surface area contributed by atoms with Gasteiger partial charge in [-0.3, -0.25) is 5.01 Å². The number of nitrogens with one attached hydrogen (secondary N) is 1. The lowest BCUT2D eigenvalue weighted by Crippen LogP contribution is -2.32. The molecule has 1 unspecified atom stereocenters. The van der Waals surface area contributed by atoms with Crippen LogP contribution in [0.4, 0.5) is 0 Å². The van der Waals surface area contributed by atoms with Gasteiger partial charge in [-0.25, -0.2) is 5.43 Å². The molecule has 3 heteroatoms. The number of hydrazine groups is 1. The van der Waals surface area contributed by atoms with Crippen molar-refractivity contribution >= 4 is 0 Å². The zero-order valence-electron chi connectivity index (χ0n) is 10.8. The smallest absolute Gasteiger partial charge is 0.119 e. The Hall–Kier alpha value is -1.06. The van der Waals surface area contributed by atoms with Gasteiger partial charge in [0.15, 0.2) is 0 Å². The third kappa shape index (κ3) is 4.21. The molecular weight excluding hydrogens is 200 g/mol. The molecule has 0 fully saturated rings. The largest absolute Gasteiger partial charge is 0.491 e. The number of rotatable bonds is 5. The monoisotopic (exact) mass is 222 g/mol. The van der Waals surface area contributed by atoms with Crippen molar-refractivity contribution < 1.29 is 4.74 Å². The molecule has 0 radical (unpaired) electrons. The fraction of sp³-hybridized carbons (Fsp3) is 0.538. The molecule has 1 aromatic carbocycles. The minimum Gasteiger partial charge on any atom is -0.491 e. The summed E-state index contributed by atoms with van der Waals surface area (Å²) in [5, 5.41) is 1.96. The van der Waals surface area contributed by atoms with E-state index in [-0.39, 0.29) is 6.10 Å². The van der Waals surface area contributed by atoms with Crippen molar-refractivity contribution in [1.82, 2.24) is 10.4 Å². The average Bonchev–Trinajstić information content (AvgIpc) is 2.16. The number of ether oxygens (including phenoxy) is 1. The molecule has 0 bridgehead atoms. The molecule has 3 nitrogen and oxygen atoms in total. The van der Waals surface area contributed by atoms with Crippen molar-refractivity contribution in [2.45, 2.75) is 32.9 Å². The highest BCUT2D eigenvalue weighted by Crippen LogP contribution is 2.18. The first-order valence-electron chi connectivity index (χ1n) is 5.69. The summed E-state index contributed by atoms with van der Waals surface area (Å²) >= 11 is 0. The Morgan fingerprint density at radius 1 is 1.06 bits per heavy atom. The molecule has 0 saturated carbocycles. The van der Waals surface area contributed by atoms with Gasteiger partial charge in [0.25, 0.3) is 0 Å². The molecule has 1 atom stereocenters. The van der Waals surface area contributed by atoms with Gasteiger partial charge in [-0.05, 0) is 38.5 Å². The molecule has 1 aromatic rings. The summed E-state index contributed by atoms with van der Waals surface area (Å²) in [5.41, 5.74) is 4.57. The average molecular weight is 222 g/mol. The molecular formula is C13H22N2O. The molecule has 1 N–H and O–H groups in total. The van der Waals surface area contributed by atoms with Crippen molar-refractivity contribution in [3.05, 3.63) is 29.8 Å². The molecule has 0 heterocycles. The maximum atomic E-state index is 5.60. The van der Waals surface area contributed by atoms with Crippen LogP contribution in [0.3, 0.4) is 0 Å². The quantitative estimate of drug-likeness (QED) is 0.775. The van der Waals surface area contributed by atoms with Crippen LogP contribution < -0.4 is 10.2 Å². The van der Waals surface area contributed by atoms with Crippen LogP contribution in [0.5, 0.6) is 5.75 Å². The van der Waals surface area contributed by atoms with E-state index in [9.17, 15) is 0 Å².